The molecule has 8 nitrogen and oxygen atoms in total. The average Bonchev–Trinajstić information content (AvgIpc) is 2.43. The Morgan fingerprint density at radius 3 is 2.81 bits per heavy atom. The van der Waals surface area contributed by atoms with Gasteiger partial charge in [0, 0.05) is 13.1 Å². The van der Waals surface area contributed by atoms with Crippen molar-refractivity contribution in [2.24, 2.45) is 0 Å². The van der Waals surface area contributed by atoms with Crippen molar-refractivity contribution < 1.29 is 18.8 Å². The molecule has 0 aliphatic rings. The van der Waals surface area contributed by atoms with Crippen molar-refractivity contribution in [2.45, 2.75) is 19.8 Å². The summed E-state index contributed by atoms with van der Waals surface area (Å²) in [7, 11) is 0. The molecule has 0 amide bonds. The van der Waals surface area contributed by atoms with Gasteiger partial charge in [0.2, 0.25) is 11.8 Å². The van der Waals surface area contributed by atoms with Crippen molar-refractivity contribution in [3.8, 4) is 0 Å². The summed E-state index contributed by atoms with van der Waals surface area (Å²) < 4.78 is 25.2. The minimum atomic E-state index is -2.71. The molecule has 21 heavy (non-hydrogen) atoms. The zero-order chi connectivity index (χ0) is 15.8. The minimum Gasteiger partial charge on any atom is -0.395 e. The molecule has 0 saturated heterocycles. The van der Waals surface area contributed by atoms with Gasteiger partial charge in [-0.05, 0) is 6.42 Å². The van der Waals surface area contributed by atoms with Crippen molar-refractivity contribution >= 4 is 17.5 Å². The fourth-order valence-electron chi connectivity index (χ4n) is 1.62. The Morgan fingerprint density at radius 2 is 2.29 bits per heavy atom. The van der Waals surface area contributed by atoms with E-state index in [1.165, 1.54) is 0 Å². The van der Waals surface area contributed by atoms with Crippen LogP contribution in [0.1, 0.15) is 13.3 Å². The number of anilines is 2. The van der Waals surface area contributed by atoms with Gasteiger partial charge < -0.3 is 15.3 Å². The van der Waals surface area contributed by atoms with Crippen LogP contribution in [-0.2, 0) is 0 Å². The highest BCUT2D eigenvalue weighted by Gasteiger charge is 2.24. The Hall–Kier alpha value is -2.10. The number of nitro groups is 1. The average molecular weight is 305 g/mol. The van der Waals surface area contributed by atoms with E-state index in [1.807, 2.05) is 6.92 Å². The molecule has 1 aromatic heterocycles. The number of nitrogens with one attached hydrogen (secondary N) is 1. The second-order valence-electron chi connectivity index (χ2n) is 4.15. The van der Waals surface area contributed by atoms with E-state index < -0.39 is 30.2 Å². The third-order valence-electron chi connectivity index (χ3n) is 2.51. The number of rotatable bonds is 9. The second-order valence-corrected chi connectivity index (χ2v) is 4.15. The van der Waals surface area contributed by atoms with Crippen LogP contribution < -0.4 is 10.2 Å². The maximum absolute atomic E-state index is 12.6. The molecule has 0 aliphatic carbocycles. The molecule has 0 bridgehead atoms. The number of alkyl halides is 2. The molecular weight excluding hydrogens is 288 g/mol. The lowest BCUT2D eigenvalue weighted by molar-refractivity contribution is -0.384. The van der Waals surface area contributed by atoms with Crippen LogP contribution in [0.5, 0.6) is 0 Å². The van der Waals surface area contributed by atoms with E-state index in [0.717, 1.165) is 17.5 Å². The van der Waals surface area contributed by atoms with Crippen LogP contribution in [0.2, 0.25) is 0 Å². The lowest BCUT2D eigenvalue weighted by atomic mass is 10.4. The Kier molecular flexibility index (Phi) is 6.66. The van der Waals surface area contributed by atoms with Gasteiger partial charge >= 0.3 is 5.69 Å². The minimum absolute atomic E-state index is 0.120. The summed E-state index contributed by atoms with van der Waals surface area (Å²) in [5.74, 6) is -0.113. The zero-order valence-corrected chi connectivity index (χ0v) is 11.5. The first-order chi connectivity index (χ1) is 9.99. The molecule has 10 heteroatoms. The Morgan fingerprint density at radius 1 is 1.57 bits per heavy atom. The number of aliphatic hydroxyl groups excluding tert-OH is 1. The Balaban J connectivity index is 3.14. The van der Waals surface area contributed by atoms with Crippen LogP contribution >= 0.6 is 0 Å². The van der Waals surface area contributed by atoms with E-state index in [9.17, 15) is 18.9 Å². The SMILES string of the molecule is CCCNc1ncc([N+](=O)[O-])c(N(CCO)CC(F)F)n1. The summed E-state index contributed by atoms with van der Waals surface area (Å²) in [6.07, 6.45) is -0.957. The molecule has 1 aromatic rings. The van der Waals surface area contributed by atoms with Crippen molar-refractivity contribution in [3.05, 3.63) is 16.3 Å². The van der Waals surface area contributed by atoms with E-state index in [-0.39, 0.29) is 18.3 Å². The van der Waals surface area contributed by atoms with Crippen molar-refractivity contribution in [2.75, 3.05) is 36.5 Å². The fraction of sp³-hybridized carbons (Fsp3) is 0.636. The Labute approximate surface area is 120 Å². The van der Waals surface area contributed by atoms with E-state index in [1.54, 1.807) is 0 Å². The summed E-state index contributed by atoms with van der Waals surface area (Å²) in [6, 6.07) is 0. The topological polar surface area (TPSA) is 104 Å². The van der Waals surface area contributed by atoms with Gasteiger partial charge in [0.1, 0.15) is 6.20 Å². The highest BCUT2D eigenvalue weighted by Crippen LogP contribution is 2.26. The quantitative estimate of drug-likeness (QED) is 0.523. The van der Waals surface area contributed by atoms with Gasteiger partial charge in [0.05, 0.1) is 18.1 Å². The molecule has 0 spiro atoms. The summed E-state index contributed by atoms with van der Waals surface area (Å²) in [6.45, 7) is 1.09. The molecule has 118 valence electrons. The predicted molar refractivity (Wildman–Crippen MR) is 72.8 cm³/mol. The first kappa shape index (κ1) is 17.0. The summed E-state index contributed by atoms with van der Waals surface area (Å²) >= 11 is 0. The van der Waals surface area contributed by atoms with Gasteiger partial charge in [-0.15, -0.1) is 0 Å². The van der Waals surface area contributed by atoms with Crippen molar-refractivity contribution in [1.29, 1.82) is 0 Å². The number of aliphatic hydroxyl groups is 1. The molecule has 0 aliphatic heterocycles. The molecule has 0 saturated carbocycles. The summed E-state index contributed by atoms with van der Waals surface area (Å²) in [5, 5.41) is 22.7. The number of nitrogens with zero attached hydrogens (tertiary/aromatic N) is 4. The lowest BCUT2D eigenvalue weighted by Crippen LogP contribution is -2.33. The van der Waals surface area contributed by atoms with Crippen LogP contribution in [0.4, 0.5) is 26.2 Å². The van der Waals surface area contributed by atoms with E-state index in [4.69, 9.17) is 5.11 Å². The standard InChI is InChI=1S/C11H17F2N5O3/c1-2-3-14-11-15-6-8(18(20)21)10(16-11)17(4-5-19)7-9(12)13/h6,9,19H,2-5,7H2,1H3,(H,14,15,16). The summed E-state index contributed by atoms with van der Waals surface area (Å²) in [4.78, 5) is 18.9. The molecule has 0 fully saturated rings. The number of aromatic nitrogens is 2. The molecule has 0 atom stereocenters. The molecule has 0 unspecified atom stereocenters. The molecule has 0 aromatic carbocycles. The maximum atomic E-state index is 12.6. The Bertz CT molecular complexity index is 475. The third kappa shape index (κ3) is 5.06. The molecule has 1 heterocycles. The number of hydrogen-bond donors (Lipinski definition) is 2. The molecular formula is C11H17F2N5O3. The van der Waals surface area contributed by atoms with Crippen LogP contribution in [0, 0.1) is 10.1 Å². The lowest BCUT2D eigenvalue weighted by Gasteiger charge is -2.22. The maximum Gasteiger partial charge on any atom is 0.329 e. The van der Waals surface area contributed by atoms with E-state index >= 15 is 0 Å². The van der Waals surface area contributed by atoms with Crippen LogP contribution in [0.3, 0.4) is 0 Å². The molecule has 1 rings (SSSR count). The molecule has 0 radical (unpaired) electrons. The van der Waals surface area contributed by atoms with E-state index in [0.29, 0.717) is 6.54 Å². The van der Waals surface area contributed by atoms with Gasteiger partial charge in [-0.25, -0.2) is 13.8 Å². The van der Waals surface area contributed by atoms with Crippen LogP contribution in [0.15, 0.2) is 6.20 Å². The monoisotopic (exact) mass is 305 g/mol. The van der Waals surface area contributed by atoms with Crippen molar-refractivity contribution in [1.82, 2.24) is 9.97 Å². The van der Waals surface area contributed by atoms with Crippen LogP contribution in [-0.4, -0.2) is 52.7 Å². The first-order valence-electron chi connectivity index (χ1n) is 6.38. The van der Waals surface area contributed by atoms with Gasteiger partial charge in [-0.3, -0.25) is 10.1 Å². The van der Waals surface area contributed by atoms with E-state index in [2.05, 4.69) is 15.3 Å². The molecule has 2 N–H and O–H groups in total. The largest absolute Gasteiger partial charge is 0.395 e. The normalized spacial score (nSPS) is 10.7. The third-order valence-corrected chi connectivity index (χ3v) is 2.51. The van der Waals surface area contributed by atoms with Gasteiger partial charge in [0.15, 0.2) is 0 Å². The second kappa shape index (κ2) is 8.25. The number of hydrogen-bond acceptors (Lipinski definition) is 7. The van der Waals surface area contributed by atoms with Crippen molar-refractivity contribution in [3.63, 3.8) is 0 Å². The predicted octanol–water partition coefficient (Wildman–Crippen LogP) is 1.27. The van der Waals surface area contributed by atoms with Gasteiger partial charge in [-0.2, -0.15) is 4.98 Å². The van der Waals surface area contributed by atoms with Gasteiger partial charge in [0.25, 0.3) is 6.43 Å². The summed E-state index contributed by atoms with van der Waals surface area (Å²) in [5.41, 5.74) is -0.480. The number of halogens is 2. The van der Waals surface area contributed by atoms with Gasteiger partial charge in [-0.1, -0.05) is 6.92 Å². The fourth-order valence-corrected chi connectivity index (χ4v) is 1.62. The highest BCUT2D eigenvalue weighted by molar-refractivity contribution is 5.59. The smallest absolute Gasteiger partial charge is 0.329 e. The van der Waals surface area contributed by atoms with Crippen LogP contribution in [0.25, 0.3) is 0 Å². The first-order valence-corrected chi connectivity index (χ1v) is 6.38. The highest BCUT2D eigenvalue weighted by atomic mass is 19.3. The zero-order valence-electron chi connectivity index (χ0n) is 11.5.